The predicted molar refractivity (Wildman–Crippen MR) is 93.6 cm³/mol. The van der Waals surface area contributed by atoms with Crippen LogP contribution < -0.4 is 10.6 Å². The Morgan fingerprint density at radius 2 is 1.91 bits per heavy atom. The van der Waals surface area contributed by atoms with Crippen molar-refractivity contribution in [2.45, 2.75) is 71.9 Å². The predicted octanol–water partition coefficient (Wildman–Crippen LogP) is 3.33. The molecule has 0 radical (unpaired) electrons. The van der Waals surface area contributed by atoms with Crippen LogP contribution in [0.3, 0.4) is 0 Å². The molecule has 0 aliphatic heterocycles. The maximum atomic E-state index is 11.8. The Morgan fingerprint density at radius 1 is 1.22 bits per heavy atom. The van der Waals surface area contributed by atoms with Crippen LogP contribution in [0.4, 0.5) is 4.79 Å². The molecule has 136 valence electrons. The van der Waals surface area contributed by atoms with Crippen LogP contribution >= 0.6 is 0 Å². The van der Waals surface area contributed by atoms with Crippen molar-refractivity contribution < 1.29 is 14.3 Å². The maximum Gasteiger partial charge on any atom is 0.407 e. The summed E-state index contributed by atoms with van der Waals surface area (Å²) in [7, 11) is 0. The van der Waals surface area contributed by atoms with Crippen LogP contribution in [0.1, 0.15) is 60.3 Å². The van der Waals surface area contributed by atoms with Crippen LogP contribution in [0.25, 0.3) is 0 Å². The minimum Gasteiger partial charge on any atom is -0.444 e. The molecule has 0 aromatic carbocycles. The first-order valence-corrected chi connectivity index (χ1v) is 9.06. The highest BCUT2D eigenvalue weighted by Gasteiger charge is 2.25. The SMILES string of the molecule is CC(C)COCCNC1CCCCC1CNC(=O)OC(C)(C)C. The fraction of sp³-hybridized carbons (Fsp3) is 0.944. The number of nitrogens with one attached hydrogen (secondary N) is 2. The molecule has 0 bridgehead atoms. The Morgan fingerprint density at radius 3 is 2.57 bits per heavy atom. The van der Waals surface area contributed by atoms with Crippen LogP contribution in [-0.2, 0) is 9.47 Å². The van der Waals surface area contributed by atoms with Gasteiger partial charge in [-0.2, -0.15) is 0 Å². The molecule has 1 rings (SSSR count). The van der Waals surface area contributed by atoms with Gasteiger partial charge in [0.05, 0.1) is 6.61 Å². The van der Waals surface area contributed by atoms with Gasteiger partial charge in [-0.1, -0.05) is 26.7 Å². The Balaban J connectivity index is 2.27. The number of carbonyl (C=O) groups is 1. The topological polar surface area (TPSA) is 59.6 Å². The van der Waals surface area contributed by atoms with E-state index in [2.05, 4.69) is 24.5 Å². The molecule has 0 aromatic heterocycles. The molecule has 1 fully saturated rings. The summed E-state index contributed by atoms with van der Waals surface area (Å²) < 4.78 is 10.9. The van der Waals surface area contributed by atoms with Crippen molar-refractivity contribution in [1.82, 2.24) is 10.6 Å². The monoisotopic (exact) mass is 328 g/mol. The molecule has 1 amide bonds. The van der Waals surface area contributed by atoms with E-state index in [-0.39, 0.29) is 6.09 Å². The van der Waals surface area contributed by atoms with Gasteiger partial charge in [-0.05, 0) is 45.4 Å². The van der Waals surface area contributed by atoms with E-state index in [9.17, 15) is 4.79 Å². The van der Waals surface area contributed by atoms with Crippen molar-refractivity contribution >= 4 is 6.09 Å². The number of carbonyl (C=O) groups excluding carboxylic acids is 1. The average molecular weight is 328 g/mol. The van der Waals surface area contributed by atoms with E-state index in [0.29, 0.717) is 24.4 Å². The first-order chi connectivity index (χ1) is 10.8. The highest BCUT2D eigenvalue weighted by Crippen LogP contribution is 2.24. The summed E-state index contributed by atoms with van der Waals surface area (Å²) in [5.74, 6) is 1.05. The molecule has 2 unspecified atom stereocenters. The first-order valence-electron chi connectivity index (χ1n) is 9.06. The lowest BCUT2D eigenvalue weighted by molar-refractivity contribution is 0.0509. The van der Waals surface area contributed by atoms with Gasteiger partial charge in [0, 0.05) is 25.7 Å². The van der Waals surface area contributed by atoms with Gasteiger partial charge in [-0.15, -0.1) is 0 Å². The summed E-state index contributed by atoms with van der Waals surface area (Å²) in [6.45, 7) is 13.1. The molecule has 1 saturated carbocycles. The van der Waals surface area contributed by atoms with Crippen molar-refractivity contribution in [3.05, 3.63) is 0 Å². The van der Waals surface area contributed by atoms with Crippen molar-refractivity contribution in [2.24, 2.45) is 11.8 Å². The molecule has 0 spiro atoms. The summed E-state index contributed by atoms with van der Waals surface area (Å²) in [5, 5.41) is 6.52. The van der Waals surface area contributed by atoms with Crippen molar-refractivity contribution in [3.63, 3.8) is 0 Å². The number of amides is 1. The van der Waals surface area contributed by atoms with E-state index >= 15 is 0 Å². The second kappa shape index (κ2) is 10.1. The van der Waals surface area contributed by atoms with E-state index < -0.39 is 5.60 Å². The van der Waals surface area contributed by atoms with E-state index in [4.69, 9.17) is 9.47 Å². The van der Waals surface area contributed by atoms with Crippen molar-refractivity contribution in [2.75, 3.05) is 26.3 Å². The summed E-state index contributed by atoms with van der Waals surface area (Å²) in [4.78, 5) is 11.8. The molecule has 5 nitrogen and oxygen atoms in total. The van der Waals surface area contributed by atoms with Gasteiger partial charge in [-0.3, -0.25) is 0 Å². The minimum absolute atomic E-state index is 0.318. The largest absolute Gasteiger partial charge is 0.444 e. The number of hydrogen-bond acceptors (Lipinski definition) is 4. The van der Waals surface area contributed by atoms with Gasteiger partial charge in [0.1, 0.15) is 5.60 Å². The molecule has 2 N–H and O–H groups in total. The Labute approximate surface area is 141 Å². The molecule has 0 saturated heterocycles. The van der Waals surface area contributed by atoms with Crippen LogP contribution in [0.15, 0.2) is 0 Å². The van der Waals surface area contributed by atoms with Gasteiger partial charge >= 0.3 is 6.09 Å². The third-order valence-electron chi connectivity index (χ3n) is 3.92. The zero-order chi connectivity index (χ0) is 17.3. The van der Waals surface area contributed by atoms with E-state index in [1.54, 1.807) is 0 Å². The maximum absolute atomic E-state index is 11.8. The number of alkyl carbamates (subject to hydrolysis) is 1. The van der Waals surface area contributed by atoms with Crippen LogP contribution in [-0.4, -0.2) is 44.0 Å². The molecule has 0 heterocycles. The molecular weight excluding hydrogens is 292 g/mol. The molecule has 23 heavy (non-hydrogen) atoms. The third kappa shape index (κ3) is 9.82. The van der Waals surface area contributed by atoms with Crippen LogP contribution in [0.2, 0.25) is 0 Å². The lowest BCUT2D eigenvalue weighted by Gasteiger charge is -2.32. The summed E-state index contributed by atoms with van der Waals surface area (Å²) in [6, 6.07) is 0.460. The zero-order valence-electron chi connectivity index (χ0n) is 15.6. The lowest BCUT2D eigenvalue weighted by Crippen LogP contribution is -2.45. The summed E-state index contributed by atoms with van der Waals surface area (Å²) in [6.07, 6.45) is 4.50. The smallest absolute Gasteiger partial charge is 0.407 e. The van der Waals surface area contributed by atoms with Gasteiger partial charge in [0.15, 0.2) is 0 Å². The second-order valence-electron chi connectivity index (χ2n) is 7.96. The van der Waals surface area contributed by atoms with E-state index in [1.165, 1.54) is 19.3 Å². The van der Waals surface area contributed by atoms with Gasteiger partial charge < -0.3 is 20.1 Å². The van der Waals surface area contributed by atoms with Crippen LogP contribution in [0.5, 0.6) is 0 Å². The highest BCUT2D eigenvalue weighted by molar-refractivity contribution is 5.67. The summed E-state index contributed by atoms with van der Waals surface area (Å²) in [5.41, 5.74) is -0.442. The molecule has 5 heteroatoms. The molecule has 0 aromatic rings. The fourth-order valence-corrected chi connectivity index (χ4v) is 2.88. The van der Waals surface area contributed by atoms with E-state index in [0.717, 1.165) is 26.2 Å². The fourth-order valence-electron chi connectivity index (χ4n) is 2.88. The number of hydrogen-bond donors (Lipinski definition) is 2. The molecule has 1 aliphatic carbocycles. The number of rotatable bonds is 8. The quantitative estimate of drug-likeness (QED) is 0.671. The average Bonchev–Trinajstić information content (AvgIpc) is 2.43. The molecule has 2 atom stereocenters. The third-order valence-corrected chi connectivity index (χ3v) is 3.92. The molecule has 1 aliphatic rings. The first kappa shape index (κ1) is 20.2. The Kier molecular flexibility index (Phi) is 8.92. The second-order valence-corrected chi connectivity index (χ2v) is 7.96. The van der Waals surface area contributed by atoms with Crippen molar-refractivity contribution in [3.8, 4) is 0 Å². The Bertz CT molecular complexity index is 340. The number of ether oxygens (including phenoxy) is 2. The normalized spacial score (nSPS) is 22.2. The highest BCUT2D eigenvalue weighted by atomic mass is 16.6. The van der Waals surface area contributed by atoms with Gasteiger partial charge in [0.2, 0.25) is 0 Å². The molecular formula is C18H36N2O3. The van der Waals surface area contributed by atoms with Gasteiger partial charge in [-0.25, -0.2) is 4.79 Å². The Hall–Kier alpha value is -0.810. The van der Waals surface area contributed by atoms with E-state index in [1.807, 2.05) is 20.8 Å². The standard InChI is InChI=1S/C18H36N2O3/c1-14(2)13-22-11-10-19-16-9-7-6-8-15(16)12-20-17(21)23-18(3,4)5/h14-16,19H,6-13H2,1-5H3,(H,20,21). The van der Waals surface area contributed by atoms with Gasteiger partial charge in [0.25, 0.3) is 0 Å². The lowest BCUT2D eigenvalue weighted by atomic mass is 9.84. The summed E-state index contributed by atoms with van der Waals surface area (Å²) >= 11 is 0. The minimum atomic E-state index is -0.442. The van der Waals surface area contributed by atoms with Crippen molar-refractivity contribution in [1.29, 1.82) is 0 Å². The zero-order valence-corrected chi connectivity index (χ0v) is 15.6. The van der Waals surface area contributed by atoms with Crippen LogP contribution in [0, 0.1) is 11.8 Å².